The summed E-state index contributed by atoms with van der Waals surface area (Å²) in [6.07, 6.45) is 2.08. The van der Waals surface area contributed by atoms with Gasteiger partial charge in [0.2, 0.25) is 0 Å². The molecule has 1 unspecified atom stereocenters. The van der Waals surface area contributed by atoms with Gasteiger partial charge in [0.05, 0.1) is 6.04 Å². The molecule has 19 heavy (non-hydrogen) atoms. The smallest absolute Gasteiger partial charge is 0.129 e. The highest BCUT2D eigenvalue weighted by Crippen LogP contribution is 2.24. The van der Waals surface area contributed by atoms with Crippen molar-refractivity contribution in [2.75, 3.05) is 0 Å². The fourth-order valence-corrected chi connectivity index (χ4v) is 2.09. The second-order valence-electron chi connectivity index (χ2n) is 4.07. The number of rotatable bonds is 4. The fourth-order valence-electron chi connectivity index (χ4n) is 1.79. The fraction of sp³-hybridized carbons (Fsp3) is 0.154. The van der Waals surface area contributed by atoms with Crippen molar-refractivity contribution in [3.05, 3.63) is 63.6 Å². The molecule has 0 fully saturated rings. The van der Waals surface area contributed by atoms with Crippen molar-refractivity contribution < 1.29 is 4.39 Å². The number of hydrazine groups is 1. The maximum absolute atomic E-state index is 13.2. The highest BCUT2D eigenvalue weighted by molar-refractivity contribution is 6.31. The van der Waals surface area contributed by atoms with E-state index in [1.807, 2.05) is 6.07 Å². The first-order valence-corrected chi connectivity index (χ1v) is 6.37. The van der Waals surface area contributed by atoms with Crippen LogP contribution in [0.2, 0.25) is 10.2 Å². The molecule has 0 saturated carbocycles. The molecule has 0 spiro atoms. The van der Waals surface area contributed by atoms with Crippen LogP contribution in [0, 0.1) is 5.82 Å². The van der Waals surface area contributed by atoms with Crippen molar-refractivity contribution in [1.82, 2.24) is 10.4 Å². The molecule has 0 aliphatic carbocycles. The molecule has 3 nitrogen and oxygen atoms in total. The lowest BCUT2D eigenvalue weighted by atomic mass is 10.0. The van der Waals surface area contributed by atoms with Crippen molar-refractivity contribution in [2.45, 2.75) is 12.5 Å². The third-order valence-electron chi connectivity index (χ3n) is 2.79. The van der Waals surface area contributed by atoms with Crippen LogP contribution < -0.4 is 11.3 Å². The lowest BCUT2D eigenvalue weighted by Crippen LogP contribution is -2.29. The second kappa shape index (κ2) is 6.30. The summed E-state index contributed by atoms with van der Waals surface area (Å²) >= 11 is 11.8. The molecule has 1 heterocycles. The number of hydrogen-bond acceptors (Lipinski definition) is 3. The van der Waals surface area contributed by atoms with Crippen LogP contribution >= 0.6 is 23.2 Å². The molecular weight excluding hydrogens is 288 g/mol. The molecule has 0 radical (unpaired) electrons. The molecule has 2 aromatic rings. The summed E-state index contributed by atoms with van der Waals surface area (Å²) in [5, 5.41) is 0.909. The quantitative estimate of drug-likeness (QED) is 0.517. The Morgan fingerprint density at radius 3 is 2.68 bits per heavy atom. The van der Waals surface area contributed by atoms with Crippen LogP contribution in [0.15, 0.2) is 36.5 Å². The normalized spacial score (nSPS) is 12.4. The van der Waals surface area contributed by atoms with Crippen molar-refractivity contribution in [3.63, 3.8) is 0 Å². The number of hydrogen-bond donors (Lipinski definition) is 2. The molecule has 0 aliphatic rings. The minimum atomic E-state index is -0.329. The van der Waals surface area contributed by atoms with Crippen molar-refractivity contribution in [3.8, 4) is 0 Å². The zero-order valence-corrected chi connectivity index (χ0v) is 11.4. The second-order valence-corrected chi connectivity index (χ2v) is 4.87. The van der Waals surface area contributed by atoms with Crippen molar-refractivity contribution in [1.29, 1.82) is 0 Å². The highest BCUT2D eigenvalue weighted by Gasteiger charge is 2.13. The van der Waals surface area contributed by atoms with Gasteiger partial charge in [0, 0.05) is 11.2 Å². The molecule has 6 heteroatoms. The van der Waals surface area contributed by atoms with Crippen LogP contribution in [0.3, 0.4) is 0 Å². The SMILES string of the molecule is NNC(Cc1cc(F)ccc1Cl)c1ccc(Cl)nc1. The lowest BCUT2D eigenvalue weighted by molar-refractivity contribution is 0.547. The standard InChI is InChI=1S/C13H12Cl2FN3/c14-11-3-2-10(16)5-9(11)6-12(19-17)8-1-4-13(15)18-7-8/h1-5,7,12,19H,6,17H2. The van der Waals surface area contributed by atoms with Gasteiger partial charge in [-0.15, -0.1) is 0 Å². The Morgan fingerprint density at radius 1 is 1.26 bits per heavy atom. The summed E-state index contributed by atoms with van der Waals surface area (Å²) < 4.78 is 13.2. The minimum Gasteiger partial charge on any atom is -0.271 e. The van der Waals surface area contributed by atoms with E-state index in [1.54, 1.807) is 12.3 Å². The Balaban J connectivity index is 2.23. The van der Waals surface area contributed by atoms with Crippen LogP contribution in [0.4, 0.5) is 4.39 Å². The molecule has 1 atom stereocenters. The molecule has 0 saturated heterocycles. The molecule has 0 amide bonds. The Bertz CT molecular complexity index is 560. The first-order chi connectivity index (χ1) is 9.10. The lowest BCUT2D eigenvalue weighted by Gasteiger charge is -2.17. The van der Waals surface area contributed by atoms with E-state index in [0.29, 0.717) is 22.2 Å². The molecule has 1 aromatic carbocycles. The number of benzene rings is 1. The first kappa shape index (κ1) is 14.2. The minimum absolute atomic E-state index is 0.218. The summed E-state index contributed by atoms with van der Waals surface area (Å²) in [5.41, 5.74) is 4.20. The Kier molecular flexibility index (Phi) is 4.71. The van der Waals surface area contributed by atoms with Gasteiger partial charge in [-0.3, -0.25) is 11.3 Å². The van der Waals surface area contributed by atoms with E-state index < -0.39 is 0 Å². The number of pyridine rings is 1. The van der Waals surface area contributed by atoms with Gasteiger partial charge in [0.15, 0.2) is 0 Å². The van der Waals surface area contributed by atoms with Gasteiger partial charge in [0.1, 0.15) is 11.0 Å². The number of nitrogens with two attached hydrogens (primary N) is 1. The summed E-state index contributed by atoms with van der Waals surface area (Å²) in [7, 11) is 0. The van der Waals surface area contributed by atoms with E-state index in [-0.39, 0.29) is 11.9 Å². The Morgan fingerprint density at radius 2 is 2.05 bits per heavy atom. The number of nitrogens with one attached hydrogen (secondary N) is 1. The van der Waals surface area contributed by atoms with Gasteiger partial charge >= 0.3 is 0 Å². The summed E-state index contributed by atoms with van der Waals surface area (Å²) in [4.78, 5) is 3.99. The predicted octanol–water partition coefficient (Wildman–Crippen LogP) is 3.27. The van der Waals surface area contributed by atoms with E-state index in [2.05, 4.69) is 10.4 Å². The van der Waals surface area contributed by atoms with E-state index in [1.165, 1.54) is 18.2 Å². The van der Waals surface area contributed by atoms with Gasteiger partial charge < -0.3 is 0 Å². The number of halogens is 3. The van der Waals surface area contributed by atoms with E-state index in [9.17, 15) is 4.39 Å². The van der Waals surface area contributed by atoms with Crippen LogP contribution in [-0.2, 0) is 6.42 Å². The largest absolute Gasteiger partial charge is 0.271 e. The van der Waals surface area contributed by atoms with Crippen molar-refractivity contribution in [2.24, 2.45) is 5.84 Å². The Labute approximate surface area is 120 Å². The molecule has 1 aromatic heterocycles. The van der Waals surface area contributed by atoms with E-state index >= 15 is 0 Å². The van der Waals surface area contributed by atoms with Crippen LogP contribution in [0.25, 0.3) is 0 Å². The molecule has 2 rings (SSSR count). The molecule has 100 valence electrons. The van der Waals surface area contributed by atoms with Crippen LogP contribution in [0.5, 0.6) is 0 Å². The van der Waals surface area contributed by atoms with Crippen LogP contribution in [-0.4, -0.2) is 4.98 Å². The molecular formula is C13H12Cl2FN3. The molecule has 0 bridgehead atoms. The highest BCUT2D eigenvalue weighted by atomic mass is 35.5. The zero-order valence-electron chi connectivity index (χ0n) is 9.91. The monoisotopic (exact) mass is 299 g/mol. The van der Waals surface area contributed by atoms with Gasteiger partial charge in [0.25, 0.3) is 0 Å². The third-order valence-corrected chi connectivity index (χ3v) is 3.38. The average molecular weight is 300 g/mol. The predicted molar refractivity (Wildman–Crippen MR) is 74.4 cm³/mol. The number of nitrogens with zero attached hydrogens (tertiary/aromatic N) is 1. The van der Waals surface area contributed by atoms with Crippen molar-refractivity contribution >= 4 is 23.2 Å². The zero-order chi connectivity index (χ0) is 13.8. The summed E-state index contributed by atoms with van der Waals surface area (Å²) in [6, 6.07) is 7.52. The van der Waals surface area contributed by atoms with Gasteiger partial charge in [-0.2, -0.15) is 0 Å². The maximum Gasteiger partial charge on any atom is 0.129 e. The first-order valence-electron chi connectivity index (χ1n) is 5.61. The summed E-state index contributed by atoms with van der Waals surface area (Å²) in [5.74, 6) is 5.20. The topological polar surface area (TPSA) is 50.9 Å². The molecule has 0 aliphatic heterocycles. The maximum atomic E-state index is 13.2. The Hall–Kier alpha value is -1.20. The van der Waals surface area contributed by atoms with E-state index in [4.69, 9.17) is 29.0 Å². The third kappa shape index (κ3) is 3.64. The average Bonchev–Trinajstić information content (AvgIpc) is 2.41. The van der Waals surface area contributed by atoms with Gasteiger partial charge in [-0.1, -0.05) is 29.3 Å². The van der Waals surface area contributed by atoms with Gasteiger partial charge in [-0.05, 0) is 41.8 Å². The van der Waals surface area contributed by atoms with Crippen LogP contribution in [0.1, 0.15) is 17.2 Å². The summed E-state index contributed by atoms with van der Waals surface area (Å²) in [6.45, 7) is 0. The van der Waals surface area contributed by atoms with E-state index in [0.717, 1.165) is 5.56 Å². The van der Waals surface area contributed by atoms with Gasteiger partial charge in [-0.25, -0.2) is 9.37 Å². The molecule has 3 N–H and O–H groups in total. The number of aromatic nitrogens is 1.